The predicted octanol–water partition coefficient (Wildman–Crippen LogP) is 1.01. The number of halogens is 1. The van der Waals surface area contributed by atoms with Gasteiger partial charge in [-0.15, -0.1) is 0 Å². The molecule has 70 valence electrons. The van der Waals surface area contributed by atoms with Gasteiger partial charge in [-0.3, -0.25) is 5.43 Å². The largest absolute Gasteiger partial charge is 0.351 e. The van der Waals surface area contributed by atoms with Gasteiger partial charge in [-0.1, -0.05) is 23.7 Å². The summed E-state index contributed by atoms with van der Waals surface area (Å²) in [5.41, 5.74) is 10.7. The van der Waals surface area contributed by atoms with Crippen LogP contribution in [0.15, 0.2) is 24.3 Å². The summed E-state index contributed by atoms with van der Waals surface area (Å²) in [5, 5.41) is 0.665. The molecular formula is C8H10ClN3O. The van der Waals surface area contributed by atoms with Crippen LogP contribution in [-0.4, -0.2) is 6.03 Å². The Morgan fingerprint density at radius 2 is 2.31 bits per heavy atom. The fourth-order valence-corrected chi connectivity index (χ4v) is 1.09. The van der Waals surface area contributed by atoms with Crippen LogP contribution in [0.25, 0.3) is 0 Å². The maximum atomic E-state index is 10.3. The van der Waals surface area contributed by atoms with Crippen LogP contribution in [0.2, 0.25) is 5.02 Å². The molecule has 0 saturated carbocycles. The van der Waals surface area contributed by atoms with Gasteiger partial charge in [0.2, 0.25) is 0 Å². The lowest BCUT2D eigenvalue weighted by molar-refractivity contribution is 0.244. The summed E-state index contributed by atoms with van der Waals surface area (Å²) in [6.45, 7) is 0.490. The zero-order valence-electron chi connectivity index (χ0n) is 6.88. The molecule has 0 saturated heterocycles. The number of primary amides is 1. The molecule has 1 rings (SSSR count). The molecule has 4 nitrogen and oxygen atoms in total. The summed E-state index contributed by atoms with van der Waals surface area (Å²) < 4.78 is 0. The Hall–Kier alpha value is -1.26. The second kappa shape index (κ2) is 4.69. The average Bonchev–Trinajstić information content (AvgIpc) is 2.03. The average molecular weight is 200 g/mol. The number of hydrogen-bond donors (Lipinski definition) is 3. The molecule has 13 heavy (non-hydrogen) atoms. The molecule has 0 fully saturated rings. The van der Waals surface area contributed by atoms with Crippen LogP contribution < -0.4 is 16.6 Å². The van der Waals surface area contributed by atoms with Crippen LogP contribution >= 0.6 is 11.6 Å². The van der Waals surface area contributed by atoms with E-state index >= 15 is 0 Å². The number of hydrogen-bond acceptors (Lipinski definition) is 2. The van der Waals surface area contributed by atoms with Crippen molar-refractivity contribution < 1.29 is 4.79 Å². The molecule has 5 heteroatoms. The molecule has 1 aromatic rings. The Labute approximate surface area is 81.0 Å². The van der Waals surface area contributed by atoms with E-state index in [-0.39, 0.29) is 0 Å². The third kappa shape index (κ3) is 3.78. The molecule has 0 aliphatic rings. The van der Waals surface area contributed by atoms with E-state index in [4.69, 9.17) is 17.3 Å². The van der Waals surface area contributed by atoms with Gasteiger partial charge in [0.25, 0.3) is 0 Å². The van der Waals surface area contributed by atoms with Crippen molar-refractivity contribution >= 4 is 17.6 Å². The molecule has 0 bridgehead atoms. The molecule has 0 unspecified atom stereocenters. The normalized spacial score (nSPS) is 9.62. The molecule has 0 spiro atoms. The van der Waals surface area contributed by atoms with Crippen molar-refractivity contribution in [2.45, 2.75) is 6.54 Å². The van der Waals surface area contributed by atoms with Crippen molar-refractivity contribution in [3.05, 3.63) is 34.9 Å². The number of carbonyl (C=O) groups excluding carboxylic acids is 1. The van der Waals surface area contributed by atoms with E-state index in [0.29, 0.717) is 11.6 Å². The van der Waals surface area contributed by atoms with E-state index in [9.17, 15) is 4.79 Å². The number of hydrazine groups is 1. The minimum Gasteiger partial charge on any atom is -0.351 e. The quantitative estimate of drug-likeness (QED) is 0.637. The van der Waals surface area contributed by atoms with E-state index in [1.54, 1.807) is 12.1 Å². The summed E-state index contributed by atoms with van der Waals surface area (Å²) >= 11 is 5.75. The number of nitrogens with two attached hydrogens (primary N) is 1. The summed E-state index contributed by atoms with van der Waals surface area (Å²) in [5.74, 6) is 0. The number of nitrogens with one attached hydrogen (secondary N) is 2. The third-order valence-corrected chi connectivity index (χ3v) is 1.63. The zero-order chi connectivity index (χ0) is 9.68. The van der Waals surface area contributed by atoms with Gasteiger partial charge in [0.05, 0.1) is 0 Å². The second-order valence-electron chi connectivity index (χ2n) is 2.47. The highest BCUT2D eigenvalue weighted by atomic mass is 35.5. The van der Waals surface area contributed by atoms with Crippen molar-refractivity contribution in [3.63, 3.8) is 0 Å². The summed E-state index contributed by atoms with van der Waals surface area (Å²) in [4.78, 5) is 10.3. The Morgan fingerprint density at radius 3 is 2.92 bits per heavy atom. The Morgan fingerprint density at radius 1 is 1.54 bits per heavy atom. The van der Waals surface area contributed by atoms with Gasteiger partial charge in [-0.25, -0.2) is 10.2 Å². The molecular weight excluding hydrogens is 190 g/mol. The SMILES string of the molecule is NC(=O)NNCc1cccc(Cl)c1. The lowest BCUT2D eigenvalue weighted by atomic mass is 10.2. The van der Waals surface area contributed by atoms with Crippen molar-refractivity contribution in [1.82, 2.24) is 10.9 Å². The van der Waals surface area contributed by atoms with Crippen LogP contribution in [-0.2, 0) is 6.54 Å². The smallest absolute Gasteiger partial charge is 0.326 e. The first-order valence-corrected chi connectivity index (χ1v) is 4.09. The third-order valence-electron chi connectivity index (χ3n) is 1.39. The summed E-state index contributed by atoms with van der Waals surface area (Å²) in [6, 6.07) is 6.71. The van der Waals surface area contributed by atoms with Crippen molar-refractivity contribution in [1.29, 1.82) is 0 Å². The standard InChI is InChI=1S/C8H10ClN3O/c9-7-3-1-2-6(4-7)5-11-12-8(10)13/h1-4,11H,5H2,(H3,10,12,13). The van der Waals surface area contributed by atoms with Gasteiger partial charge in [-0.2, -0.15) is 0 Å². The van der Waals surface area contributed by atoms with Gasteiger partial charge in [0.1, 0.15) is 0 Å². The first kappa shape index (κ1) is 9.83. The van der Waals surface area contributed by atoms with Crippen LogP contribution in [0, 0.1) is 0 Å². The Balaban J connectivity index is 2.41. The molecule has 1 aromatic carbocycles. The van der Waals surface area contributed by atoms with Gasteiger partial charge in [0, 0.05) is 11.6 Å². The van der Waals surface area contributed by atoms with Crippen LogP contribution in [0.5, 0.6) is 0 Å². The number of rotatable bonds is 3. The first-order valence-electron chi connectivity index (χ1n) is 3.71. The van der Waals surface area contributed by atoms with Crippen LogP contribution in [0.1, 0.15) is 5.56 Å². The molecule has 2 amide bonds. The number of carbonyl (C=O) groups is 1. The molecule has 0 aliphatic carbocycles. The molecule has 4 N–H and O–H groups in total. The molecule has 0 aromatic heterocycles. The van der Waals surface area contributed by atoms with Crippen LogP contribution in [0.4, 0.5) is 4.79 Å². The maximum Gasteiger partial charge on any atom is 0.326 e. The van der Waals surface area contributed by atoms with E-state index in [1.165, 1.54) is 0 Å². The van der Waals surface area contributed by atoms with Gasteiger partial charge >= 0.3 is 6.03 Å². The lowest BCUT2D eigenvalue weighted by Gasteiger charge is -2.04. The molecule has 0 radical (unpaired) electrons. The van der Waals surface area contributed by atoms with Crippen molar-refractivity contribution in [3.8, 4) is 0 Å². The molecule has 0 heterocycles. The van der Waals surface area contributed by atoms with E-state index in [2.05, 4.69) is 10.9 Å². The van der Waals surface area contributed by atoms with Crippen molar-refractivity contribution in [2.75, 3.05) is 0 Å². The van der Waals surface area contributed by atoms with Gasteiger partial charge in [-0.05, 0) is 17.7 Å². The highest BCUT2D eigenvalue weighted by Gasteiger charge is 1.94. The lowest BCUT2D eigenvalue weighted by Crippen LogP contribution is -2.40. The van der Waals surface area contributed by atoms with E-state index < -0.39 is 6.03 Å². The maximum absolute atomic E-state index is 10.3. The zero-order valence-corrected chi connectivity index (χ0v) is 7.64. The van der Waals surface area contributed by atoms with Gasteiger partial charge in [0.15, 0.2) is 0 Å². The Kier molecular flexibility index (Phi) is 3.54. The van der Waals surface area contributed by atoms with Crippen LogP contribution in [0.3, 0.4) is 0 Å². The minimum atomic E-state index is -0.609. The van der Waals surface area contributed by atoms with Crippen molar-refractivity contribution in [2.24, 2.45) is 5.73 Å². The molecule has 0 atom stereocenters. The summed E-state index contributed by atoms with van der Waals surface area (Å²) in [7, 11) is 0. The highest BCUT2D eigenvalue weighted by molar-refractivity contribution is 6.30. The highest BCUT2D eigenvalue weighted by Crippen LogP contribution is 2.09. The minimum absolute atomic E-state index is 0.490. The topological polar surface area (TPSA) is 67.2 Å². The van der Waals surface area contributed by atoms with E-state index in [0.717, 1.165) is 5.56 Å². The summed E-state index contributed by atoms with van der Waals surface area (Å²) in [6.07, 6.45) is 0. The Bertz CT molecular complexity index is 303. The van der Waals surface area contributed by atoms with E-state index in [1.807, 2.05) is 12.1 Å². The number of amides is 2. The fraction of sp³-hybridized carbons (Fsp3) is 0.125. The number of urea groups is 1. The number of benzene rings is 1. The van der Waals surface area contributed by atoms with Gasteiger partial charge < -0.3 is 5.73 Å². The predicted molar refractivity (Wildman–Crippen MR) is 51.0 cm³/mol. The second-order valence-corrected chi connectivity index (χ2v) is 2.91. The molecule has 0 aliphatic heterocycles. The monoisotopic (exact) mass is 199 g/mol. The fourth-order valence-electron chi connectivity index (χ4n) is 0.880. The first-order chi connectivity index (χ1) is 6.18.